The molecule has 1 fully saturated rings. The molecule has 9 N–H and O–H groups in total. The molecule has 0 radical (unpaired) electrons. The van der Waals surface area contributed by atoms with Crippen LogP contribution in [0.5, 0.6) is 0 Å². The zero-order valence-electron chi connectivity index (χ0n) is 68.6. The van der Waals surface area contributed by atoms with Crippen LogP contribution >= 0.6 is 15.9 Å². The number of hydrogen-bond acceptors (Lipinski definition) is 37. The summed E-state index contributed by atoms with van der Waals surface area (Å²) in [5.74, 6) is -11.1. The van der Waals surface area contributed by atoms with Gasteiger partial charge in [-0.25, -0.2) is 19.2 Å². The van der Waals surface area contributed by atoms with Crippen LogP contribution in [0.15, 0.2) is 48.6 Å². The van der Waals surface area contributed by atoms with Gasteiger partial charge in [-0.3, -0.25) is 100 Å². The molecular formula is C65H107BrKN11O38S5. The molecule has 5 aliphatic rings. The van der Waals surface area contributed by atoms with Crippen LogP contribution < -0.4 is 67.7 Å². The minimum absolute atomic E-state index is 0. The zero-order chi connectivity index (χ0) is 94.0. The molecule has 49 nitrogen and oxygen atoms in total. The summed E-state index contributed by atoms with van der Waals surface area (Å²) >= 11 is 6.33. The van der Waals surface area contributed by atoms with E-state index in [-0.39, 0.29) is 140 Å². The monoisotopic (exact) mass is 1930 g/mol. The number of esters is 6. The summed E-state index contributed by atoms with van der Waals surface area (Å²) in [6.45, 7) is 23.0. The van der Waals surface area contributed by atoms with Gasteiger partial charge in [0.1, 0.15) is 53.9 Å². The third-order valence-electron chi connectivity index (χ3n) is 12.0. The molecule has 0 aromatic rings. The Bertz CT molecular complexity index is 3980. The van der Waals surface area contributed by atoms with Crippen molar-refractivity contribution in [2.75, 3.05) is 97.0 Å². The molecule has 8 amide bonds. The second-order valence-electron chi connectivity index (χ2n) is 26.9. The van der Waals surface area contributed by atoms with Crippen LogP contribution in [0.2, 0.25) is 0 Å². The summed E-state index contributed by atoms with van der Waals surface area (Å²) in [7, 11) is -18.6. The first-order chi connectivity index (χ1) is 54.3. The number of amides is 8. The fraction of sp³-hybridized carbons (Fsp3) is 0.615. The smallest absolute Gasteiger partial charge is 0.662 e. The van der Waals surface area contributed by atoms with Crippen molar-refractivity contribution in [2.45, 2.75) is 166 Å². The van der Waals surface area contributed by atoms with E-state index >= 15 is 0 Å². The van der Waals surface area contributed by atoms with E-state index in [0.29, 0.717) is 26.5 Å². The maximum Gasteiger partial charge on any atom is 1.00 e. The van der Waals surface area contributed by atoms with Crippen LogP contribution in [0.25, 0.3) is 0 Å². The fourth-order valence-corrected chi connectivity index (χ4v) is 10.0. The molecule has 121 heavy (non-hydrogen) atoms. The van der Waals surface area contributed by atoms with Gasteiger partial charge in [-0.2, -0.15) is 50.9 Å². The SMILES string of the molecule is C.CC(C)(C)OC(=O)CBr.CC(C)(C)OC(=O)CN(CCN1C(=O)C=CC1=O)S(=O)(=O)O.CCCN.CCCN(CC(=O)OC(C)(C)C)S(=O)(=O)O.CCCNCC(=O)OC(C)(C)C.N=S.O=C(CN(CCN1C(=O)C=CC1=O)S(=O)(=O)O)ON1C(=O)CCC1=O.O=C(O)CN(CCN1C(=O)C=CC1=O)S(=O)(=O)O.O=C1C=CC(=O)O1.O=CO[O-].[K+]. The van der Waals surface area contributed by atoms with Crippen LogP contribution in [0.1, 0.15) is 143 Å². The molecule has 0 atom stereocenters. The molecule has 5 aliphatic heterocycles. The van der Waals surface area contributed by atoms with E-state index in [0.717, 1.165) is 84.3 Å². The molecule has 0 aliphatic carbocycles. The molecule has 0 aromatic carbocycles. The largest absolute Gasteiger partial charge is 1.00 e. The number of halogens is 1. The number of carboxylic acid groups (broad SMARTS) is 1. The van der Waals surface area contributed by atoms with Crippen LogP contribution in [0.4, 0.5) is 0 Å². The molecule has 56 heteroatoms. The van der Waals surface area contributed by atoms with E-state index in [1.165, 1.54) is 0 Å². The number of carboxylic acids is 1. The molecule has 0 bridgehead atoms. The number of hydroxylamine groups is 2. The Kier molecular flexibility index (Phi) is 65.4. The number of carbonyl (C=O) groups is 17. The van der Waals surface area contributed by atoms with E-state index < -0.39 is 188 Å². The number of nitrogens with one attached hydrogen (secondary N) is 2. The number of rotatable bonds is 31. The molecule has 0 spiro atoms. The van der Waals surface area contributed by atoms with Gasteiger partial charge in [0.2, 0.25) is 0 Å². The molecular weight excluding hydrogens is 1820 g/mol. The van der Waals surface area contributed by atoms with Gasteiger partial charge in [-0.1, -0.05) is 44.1 Å². The van der Waals surface area contributed by atoms with Crippen molar-refractivity contribution >= 4 is 171 Å². The van der Waals surface area contributed by atoms with Crippen molar-refractivity contribution in [2.24, 2.45) is 5.73 Å². The Balaban J connectivity index is -0.000000252. The van der Waals surface area contributed by atoms with E-state index in [1.807, 2.05) is 41.5 Å². The maximum atomic E-state index is 11.7. The molecule has 5 heterocycles. The minimum Gasteiger partial charge on any atom is -0.662 e. The molecule has 1 saturated heterocycles. The molecule has 0 saturated carbocycles. The zero-order valence-corrected chi connectivity index (χ0v) is 77.4. The summed E-state index contributed by atoms with van der Waals surface area (Å²) in [6.07, 6.45) is 10.6. The number of cyclic esters (lactones) is 2. The van der Waals surface area contributed by atoms with E-state index in [2.05, 4.69) is 62.0 Å². The van der Waals surface area contributed by atoms with Gasteiger partial charge >= 0.3 is 140 Å². The number of alkyl halides is 1. The van der Waals surface area contributed by atoms with Crippen molar-refractivity contribution in [1.29, 1.82) is 4.78 Å². The molecule has 688 valence electrons. The Labute approximate surface area is 757 Å². The third-order valence-corrected chi connectivity index (χ3v) is 16.3. The third kappa shape index (κ3) is 65.7. The summed E-state index contributed by atoms with van der Waals surface area (Å²) in [6, 6.07) is 0. The van der Waals surface area contributed by atoms with Crippen LogP contribution in [0.3, 0.4) is 0 Å². The first-order valence-electron chi connectivity index (χ1n) is 34.3. The number of carbonyl (C=O) groups excluding carboxylic acids is 16. The van der Waals surface area contributed by atoms with Crippen LogP contribution in [-0.4, -0.2) is 315 Å². The number of nitrogens with two attached hydrogens (primary N) is 1. The van der Waals surface area contributed by atoms with Gasteiger partial charge < -0.3 is 54.8 Å². The second-order valence-corrected chi connectivity index (χ2v) is 33.1. The van der Waals surface area contributed by atoms with Gasteiger partial charge in [0.25, 0.3) is 53.7 Å². The Morgan fingerprint density at radius 3 is 0.983 bits per heavy atom. The maximum absolute atomic E-state index is 11.7. The number of aliphatic carboxylic acids is 1. The molecule has 0 aromatic heterocycles. The van der Waals surface area contributed by atoms with Crippen molar-refractivity contribution in [3.05, 3.63) is 48.6 Å². The summed E-state index contributed by atoms with van der Waals surface area (Å²) < 4.78 is 155. The number of imide groups is 4. The predicted octanol–water partition coefficient (Wildman–Crippen LogP) is -4.67. The van der Waals surface area contributed by atoms with Crippen LogP contribution in [-0.2, 0) is 169 Å². The number of ether oxygens (including phenoxy) is 5. The van der Waals surface area contributed by atoms with E-state index in [4.69, 9.17) is 62.8 Å². The van der Waals surface area contributed by atoms with Gasteiger partial charge in [0.15, 0.2) is 0 Å². The van der Waals surface area contributed by atoms with E-state index in [1.54, 1.807) is 48.5 Å². The quantitative estimate of drug-likeness (QED) is 0.00276. The first-order valence-corrected chi connectivity index (χ1v) is 41.4. The van der Waals surface area contributed by atoms with Gasteiger partial charge in [0, 0.05) is 120 Å². The van der Waals surface area contributed by atoms with Gasteiger partial charge in [0.05, 0.1) is 6.54 Å². The van der Waals surface area contributed by atoms with Crippen molar-refractivity contribution in [3.8, 4) is 0 Å². The van der Waals surface area contributed by atoms with Gasteiger partial charge in [-0.05, 0) is 115 Å². The molecule has 0 unspecified atom stereocenters. The van der Waals surface area contributed by atoms with Crippen molar-refractivity contribution in [1.82, 2.24) is 42.3 Å². The number of hydrogen-bond donors (Lipinski definition) is 8. The van der Waals surface area contributed by atoms with Crippen LogP contribution in [0, 0.1) is 4.78 Å². The van der Waals surface area contributed by atoms with E-state index in [9.17, 15) is 110 Å². The average molecular weight is 1930 g/mol. The second kappa shape index (κ2) is 62.5. The van der Waals surface area contributed by atoms with Crippen molar-refractivity contribution < 1.29 is 229 Å². The average Bonchev–Trinajstić information content (AvgIpc) is 1.52. The normalized spacial score (nSPS) is 14.1. The van der Waals surface area contributed by atoms with Gasteiger partial charge in [-0.15, -0.1) is 5.06 Å². The first kappa shape index (κ1) is 127. The Hall–Kier alpha value is -7.55. The topological polar surface area (TPSA) is 703 Å². The number of nitrogens with zero attached hydrogens (tertiary/aromatic N) is 8. The molecule has 5 rings (SSSR count). The van der Waals surface area contributed by atoms with Crippen molar-refractivity contribution in [3.63, 3.8) is 0 Å². The Morgan fingerprint density at radius 2 is 0.769 bits per heavy atom. The summed E-state index contributed by atoms with van der Waals surface area (Å²) in [5, 5.41) is 20.4. The summed E-state index contributed by atoms with van der Waals surface area (Å²) in [4.78, 5) is 195. The predicted molar refractivity (Wildman–Crippen MR) is 419 cm³/mol. The fourth-order valence-electron chi connectivity index (χ4n) is 7.48. The Morgan fingerprint density at radius 1 is 0.504 bits per heavy atom. The minimum atomic E-state index is -4.87. The standard InChI is InChI=1S/C12H13N3O9S.C12H18N2O7S.C9H19NO5S.C9H19NO2.C8H10N2O7S.C6H11BrO2.C4H2O3.C3H9N.CH2O3.CH4.K.HNS/c16-8-1-2-9(17)14(8)6-5-13(25(21,22)23)7-12(20)24-15-10(18)3-4-11(15)19;1-12(2,3)21-11(17)8-13(22(18,19)20)6-7-14-9(15)4-5-10(14)16;1-5-6-10(16(12,13)14)7-8(11)15-9(2,3)4;1-5-6-10-7-8(11)12-9(2,3)4;11-6-1-2-7(12)10(6)4-3-9(5-8(13)14)18(15,16)17;1-6(2,3)9-5(8)4-7;5-3-1-2-4(6)7-3;1-2-3-4;2-1-4-3;;;1-2/h1-2H,3-7H2,(H,21,22,23);4-5H,6-8H2,1-3H3,(H,18,19,20);5-7H2,1-4H3,(H,12,13,14);10H,5-7H2,1-4H3;1-2H,3-5H2,(H,13,14)(H,15,16,17);4H2,1-3H3;1-2H;2-4H2,1H3;1,3H;1H4;;1H/q;;;;;;;;;;+1;/p-1. The summed E-state index contributed by atoms with van der Waals surface area (Å²) in [5.41, 5.74) is 2.82.